The highest BCUT2D eigenvalue weighted by Gasteiger charge is 2.15. The van der Waals surface area contributed by atoms with Gasteiger partial charge in [0.2, 0.25) is 0 Å². The van der Waals surface area contributed by atoms with E-state index in [-0.39, 0.29) is 12.0 Å². The molecule has 30 heavy (non-hydrogen) atoms. The maximum atomic E-state index is 12.7. The Hall–Kier alpha value is -2.96. The van der Waals surface area contributed by atoms with Crippen LogP contribution in [0.1, 0.15) is 40.0 Å². The van der Waals surface area contributed by atoms with E-state index in [0.717, 1.165) is 42.9 Å². The van der Waals surface area contributed by atoms with Crippen molar-refractivity contribution in [3.8, 4) is 5.69 Å². The number of hydrogen-bond donors (Lipinski definition) is 1. The summed E-state index contributed by atoms with van der Waals surface area (Å²) in [5.41, 5.74) is 4.37. The summed E-state index contributed by atoms with van der Waals surface area (Å²) < 4.78 is 13.1. The Balaban J connectivity index is 1.34. The Labute approximate surface area is 176 Å². The highest BCUT2D eigenvalue weighted by molar-refractivity contribution is 5.95. The molecule has 1 aliphatic heterocycles. The van der Waals surface area contributed by atoms with Crippen LogP contribution in [0, 0.1) is 6.92 Å². The second-order valence-corrected chi connectivity index (χ2v) is 7.53. The fraction of sp³-hybridized carbons (Fsp3) is 0.333. The van der Waals surface area contributed by atoms with E-state index in [4.69, 9.17) is 9.47 Å². The molecule has 0 aliphatic carbocycles. The third-order valence-corrected chi connectivity index (χ3v) is 5.26. The molecule has 6 heteroatoms. The van der Waals surface area contributed by atoms with Crippen LogP contribution in [-0.4, -0.2) is 35.0 Å². The first kappa shape index (κ1) is 20.3. The zero-order valence-electron chi connectivity index (χ0n) is 17.2. The molecule has 1 aliphatic rings. The maximum Gasteiger partial charge on any atom is 0.255 e. The van der Waals surface area contributed by atoms with Crippen LogP contribution in [0.25, 0.3) is 5.69 Å². The number of carbonyl (C=O) groups is 1. The number of aromatic nitrogens is 2. The highest BCUT2D eigenvalue weighted by Crippen LogP contribution is 2.15. The first-order valence-corrected chi connectivity index (χ1v) is 10.4. The molecule has 0 saturated carbocycles. The molecule has 1 saturated heterocycles. The summed E-state index contributed by atoms with van der Waals surface area (Å²) in [5.74, 6) is -0.126. The Kier molecular flexibility index (Phi) is 6.57. The lowest BCUT2D eigenvalue weighted by atomic mass is 10.1. The van der Waals surface area contributed by atoms with Crippen molar-refractivity contribution in [1.29, 1.82) is 0 Å². The number of rotatable bonds is 7. The molecule has 4 rings (SSSR count). The van der Waals surface area contributed by atoms with Gasteiger partial charge >= 0.3 is 0 Å². The number of aryl methyl sites for hydroxylation is 1. The van der Waals surface area contributed by atoms with Gasteiger partial charge in [-0.05, 0) is 43.0 Å². The van der Waals surface area contributed by atoms with Gasteiger partial charge in [-0.25, -0.2) is 4.68 Å². The van der Waals surface area contributed by atoms with Crippen LogP contribution in [0.4, 0.5) is 0 Å². The number of nitrogens with zero attached hydrogens (tertiary/aromatic N) is 2. The van der Waals surface area contributed by atoms with Gasteiger partial charge in [-0.1, -0.05) is 42.5 Å². The first-order valence-electron chi connectivity index (χ1n) is 10.4. The lowest BCUT2D eigenvalue weighted by molar-refractivity contribution is -0.0390. The molecule has 1 amide bonds. The number of amides is 1. The standard InChI is InChI=1S/C24H27N3O3/c1-18-23(16-27(26-18)21-8-3-2-4-9-21)24(28)25-15-19-6-5-7-20(14-19)17-30-22-10-12-29-13-11-22/h2-9,14,16,22H,10-13,15,17H2,1H3,(H,25,28). The fourth-order valence-electron chi connectivity index (χ4n) is 3.56. The molecular formula is C24H27N3O3. The van der Waals surface area contributed by atoms with Gasteiger partial charge in [-0.3, -0.25) is 4.79 Å². The van der Waals surface area contributed by atoms with Crippen molar-refractivity contribution in [3.63, 3.8) is 0 Å². The smallest absolute Gasteiger partial charge is 0.255 e. The van der Waals surface area contributed by atoms with Crippen LogP contribution in [-0.2, 0) is 22.6 Å². The van der Waals surface area contributed by atoms with Gasteiger partial charge in [0.05, 0.1) is 29.7 Å². The number of carbonyl (C=O) groups excluding carboxylic acids is 1. The van der Waals surface area contributed by atoms with E-state index in [1.807, 2.05) is 49.4 Å². The molecule has 156 valence electrons. The summed E-state index contributed by atoms with van der Waals surface area (Å²) >= 11 is 0. The predicted octanol–water partition coefficient (Wildman–Crippen LogP) is 3.81. The molecule has 0 radical (unpaired) electrons. The third-order valence-electron chi connectivity index (χ3n) is 5.26. The van der Waals surface area contributed by atoms with E-state index in [1.165, 1.54) is 0 Å². The van der Waals surface area contributed by atoms with Crippen LogP contribution >= 0.6 is 0 Å². The highest BCUT2D eigenvalue weighted by atomic mass is 16.5. The molecule has 0 atom stereocenters. The SMILES string of the molecule is Cc1nn(-c2ccccc2)cc1C(=O)NCc1cccc(COC2CCOCC2)c1. The van der Waals surface area contributed by atoms with Crippen molar-refractivity contribution in [1.82, 2.24) is 15.1 Å². The van der Waals surface area contributed by atoms with E-state index in [0.29, 0.717) is 24.4 Å². The second kappa shape index (κ2) is 9.69. The molecule has 3 aromatic rings. The van der Waals surface area contributed by atoms with Crippen molar-refractivity contribution < 1.29 is 14.3 Å². The number of benzene rings is 2. The van der Waals surface area contributed by atoms with Gasteiger partial charge in [0, 0.05) is 26.0 Å². The summed E-state index contributed by atoms with van der Waals surface area (Å²) in [7, 11) is 0. The lowest BCUT2D eigenvalue weighted by Gasteiger charge is -2.22. The minimum atomic E-state index is -0.126. The predicted molar refractivity (Wildman–Crippen MR) is 115 cm³/mol. The molecular weight excluding hydrogens is 378 g/mol. The lowest BCUT2D eigenvalue weighted by Crippen LogP contribution is -2.24. The summed E-state index contributed by atoms with van der Waals surface area (Å²) in [6.07, 6.45) is 3.95. The molecule has 1 N–H and O–H groups in total. The molecule has 2 aromatic carbocycles. The fourth-order valence-corrected chi connectivity index (χ4v) is 3.56. The first-order chi connectivity index (χ1) is 14.7. The summed E-state index contributed by atoms with van der Waals surface area (Å²) in [4.78, 5) is 12.7. The quantitative estimate of drug-likeness (QED) is 0.649. The molecule has 0 bridgehead atoms. The average Bonchev–Trinajstić information content (AvgIpc) is 3.19. The van der Waals surface area contributed by atoms with Gasteiger partial charge < -0.3 is 14.8 Å². The van der Waals surface area contributed by atoms with Crippen molar-refractivity contribution in [2.45, 2.75) is 39.0 Å². The number of para-hydroxylation sites is 1. The molecule has 0 unspecified atom stereocenters. The van der Waals surface area contributed by atoms with Crippen molar-refractivity contribution in [3.05, 3.63) is 83.2 Å². The topological polar surface area (TPSA) is 65.4 Å². The molecule has 1 fully saturated rings. The van der Waals surface area contributed by atoms with Gasteiger partial charge in [-0.2, -0.15) is 5.10 Å². The number of hydrogen-bond acceptors (Lipinski definition) is 4. The van der Waals surface area contributed by atoms with Crippen molar-refractivity contribution in [2.75, 3.05) is 13.2 Å². The third kappa shape index (κ3) is 5.14. The van der Waals surface area contributed by atoms with Crippen molar-refractivity contribution >= 4 is 5.91 Å². The van der Waals surface area contributed by atoms with E-state index < -0.39 is 0 Å². The Morgan fingerprint density at radius 3 is 2.70 bits per heavy atom. The van der Waals surface area contributed by atoms with E-state index in [1.54, 1.807) is 10.9 Å². The largest absolute Gasteiger partial charge is 0.381 e. The van der Waals surface area contributed by atoms with Crippen LogP contribution in [0.5, 0.6) is 0 Å². The van der Waals surface area contributed by atoms with Crippen molar-refractivity contribution in [2.24, 2.45) is 0 Å². The van der Waals surface area contributed by atoms with Gasteiger partial charge in [0.1, 0.15) is 0 Å². The summed E-state index contributed by atoms with van der Waals surface area (Å²) in [6, 6.07) is 17.9. The zero-order valence-corrected chi connectivity index (χ0v) is 17.2. The number of ether oxygens (including phenoxy) is 2. The second-order valence-electron chi connectivity index (χ2n) is 7.53. The van der Waals surface area contributed by atoms with E-state index >= 15 is 0 Å². The van der Waals surface area contributed by atoms with Crippen LogP contribution < -0.4 is 5.32 Å². The van der Waals surface area contributed by atoms with Crippen LogP contribution in [0.15, 0.2) is 60.8 Å². The Bertz CT molecular complexity index is 978. The molecule has 6 nitrogen and oxygen atoms in total. The van der Waals surface area contributed by atoms with Gasteiger partial charge in [0.15, 0.2) is 0 Å². The average molecular weight is 405 g/mol. The normalized spacial score (nSPS) is 14.6. The molecule has 0 spiro atoms. The van der Waals surface area contributed by atoms with Gasteiger partial charge in [-0.15, -0.1) is 0 Å². The molecule has 1 aromatic heterocycles. The minimum absolute atomic E-state index is 0.126. The molecule has 2 heterocycles. The summed E-state index contributed by atoms with van der Waals surface area (Å²) in [6.45, 7) is 4.44. The zero-order chi connectivity index (χ0) is 20.8. The maximum absolute atomic E-state index is 12.7. The summed E-state index contributed by atoms with van der Waals surface area (Å²) in [5, 5.41) is 7.47. The Morgan fingerprint density at radius 1 is 1.13 bits per heavy atom. The van der Waals surface area contributed by atoms with E-state index in [2.05, 4.69) is 22.5 Å². The monoisotopic (exact) mass is 405 g/mol. The van der Waals surface area contributed by atoms with Gasteiger partial charge in [0.25, 0.3) is 5.91 Å². The van der Waals surface area contributed by atoms with Crippen LogP contribution in [0.3, 0.4) is 0 Å². The van der Waals surface area contributed by atoms with E-state index in [9.17, 15) is 4.79 Å². The Morgan fingerprint density at radius 2 is 1.90 bits per heavy atom. The van der Waals surface area contributed by atoms with Crippen LogP contribution in [0.2, 0.25) is 0 Å². The number of nitrogens with one attached hydrogen (secondary N) is 1. The minimum Gasteiger partial charge on any atom is -0.381 e.